The maximum Gasteiger partial charge on any atom is 0.121 e. The summed E-state index contributed by atoms with van der Waals surface area (Å²) in [4.78, 5) is 10.6. The molecular weight excluding hydrogens is 178 g/mol. The number of nitrogens with zero attached hydrogens (tertiary/aromatic N) is 1. The van der Waals surface area contributed by atoms with E-state index in [0.29, 0.717) is 11.3 Å². The lowest BCUT2D eigenvalue weighted by molar-refractivity contribution is 0.282. The molecule has 2 aromatic rings. The molecule has 3 heteroatoms. The number of benzene rings is 2. The lowest BCUT2D eigenvalue weighted by Crippen LogP contribution is -1.84. The van der Waals surface area contributed by atoms with Crippen molar-refractivity contribution >= 4 is 16.5 Å². The Balaban J connectivity index is 2.83. The highest BCUT2D eigenvalue weighted by Crippen LogP contribution is 2.29. The van der Waals surface area contributed by atoms with E-state index in [1.54, 1.807) is 6.07 Å². The number of hydrogen-bond acceptors (Lipinski definition) is 3. The maximum absolute atomic E-state index is 10.6. The van der Waals surface area contributed by atoms with Crippen LogP contribution in [0.2, 0.25) is 0 Å². The first-order valence-electron chi connectivity index (χ1n) is 4.31. The Morgan fingerprint density at radius 1 is 1.14 bits per heavy atom. The van der Waals surface area contributed by atoms with Gasteiger partial charge in [0.05, 0.1) is 6.61 Å². The van der Waals surface area contributed by atoms with Gasteiger partial charge in [0.15, 0.2) is 0 Å². The average molecular weight is 187 g/mol. The summed E-state index contributed by atoms with van der Waals surface area (Å²) in [5, 5.41) is 13.7. The molecule has 0 bridgehead atoms. The molecule has 0 fully saturated rings. The van der Waals surface area contributed by atoms with Crippen LogP contribution in [0.25, 0.3) is 10.8 Å². The summed E-state index contributed by atoms with van der Waals surface area (Å²) < 4.78 is 0. The molecule has 0 atom stereocenters. The number of rotatable bonds is 2. The minimum Gasteiger partial charge on any atom is -0.392 e. The molecule has 0 aliphatic carbocycles. The van der Waals surface area contributed by atoms with Gasteiger partial charge in [-0.3, -0.25) is 0 Å². The van der Waals surface area contributed by atoms with Crippen molar-refractivity contribution in [2.45, 2.75) is 6.61 Å². The van der Waals surface area contributed by atoms with Gasteiger partial charge in [-0.25, -0.2) is 0 Å². The molecule has 2 rings (SSSR count). The minimum absolute atomic E-state index is 0.161. The predicted octanol–water partition coefficient (Wildman–Crippen LogP) is 2.73. The maximum atomic E-state index is 10.6. The third-order valence-corrected chi connectivity index (χ3v) is 2.25. The fraction of sp³-hybridized carbons (Fsp3) is 0.0909. The van der Waals surface area contributed by atoms with Crippen molar-refractivity contribution in [3.63, 3.8) is 0 Å². The molecule has 1 N–H and O–H groups in total. The van der Waals surface area contributed by atoms with Crippen molar-refractivity contribution in [1.82, 2.24) is 0 Å². The number of hydrogen-bond donors (Lipinski definition) is 1. The zero-order valence-electron chi connectivity index (χ0n) is 7.47. The molecule has 2 aromatic carbocycles. The first-order valence-corrected chi connectivity index (χ1v) is 4.31. The molecule has 0 saturated carbocycles. The van der Waals surface area contributed by atoms with Crippen LogP contribution >= 0.6 is 0 Å². The Kier molecular flexibility index (Phi) is 2.24. The zero-order chi connectivity index (χ0) is 9.97. The Morgan fingerprint density at radius 2 is 1.93 bits per heavy atom. The summed E-state index contributed by atoms with van der Waals surface area (Å²) in [5.41, 5.74) is 0.907. The van der Waals surface area contributed by atoms with Crippen LogP contribution < -0.4 is 0 Å². The number of aliphatic hydroxyl groups is 1. The first-order chi connectivity index (χ1) is 6.86. The van der Waals surface area contributed by atoms with E-state index in [0.717, 1.165) is 10.8 Å². The number of nitroso groups, excluding NO2 is 1. The Hall–Kier alpha value is -1.74. The van der Waals surface area contributed by atoms with Gasteiger partial charge in [-0.05, 0) is 10.6 Å². The molecule has 0 aromatic heterocycles. The van der Waals surface area contributed by atoms with Crippen LogP contribution in [-0.2, 0) is 6.61 Å². The molecule has 0 radical (unpaired) electrons. The molecule has 0 aliphatic heterocycles. The second-order valence-electron chi connectivity index (χ2n) is 3.04. The van der Waals surface area contributed by atoms with Crippen molar-refractivity contribution in [3.05, 3.63) is 46.9 Å². The van der Waals surface area contributed by atoms with Crippen LogP contribution in [0.1, 0.15) is 5.56 Å². The van der Waals surface area contributed by atoms with Crippen LogP contribution in [0, 0.1) is 4.91 Å². The summed E-state index contributed by atoms with van der Waals surface area (Å²) in [6.07, 6.45) is 0. The quantitative estimate of drug-likeness (QED) is 0.735. The van der Waals surface area contributed by atoms with Gasteiger partial charge in [-0.15, -0.1) is 4.91 Å². The minimum atomic E-state index is -0.161. The zero-order valence-corrected chi connectivity index (χ0v) is 7.47. The summed E-state index contributed by atoms with van der Waals surface area (Å²) in [6.45, 7) is -0.161. The van der Waals surface area contributed by atoms with Gasteiger partial charge in [0, 0.05) is 10.9 Å². The van der Waals surface area contributed by atoms with E-state index >= 15 is 0 Å². The van der Waals surface area contributed by atoms with Gasteiger partial charge in [-0.2, -0.15) is 0 Å². The van der Waals surface area contributed by atoms with Gasteiger partial charge in [0.2, 0.25) is 0 Å². The average Bonchev–Trinajstić information content (AvgIpc) is 2.27. The SMILES string of the molecule is O=Nc1c(CO)ccc2ccccc12. The summed E-state index contributed by atoms with van der Waals surface area (Å²) in [5.74, 6) is 0. The van der Waals surface area contributed by atoms with Gasteiger partial charge in [0.25, 0.3) is 0 Å². The van der Waals surface area contributed by atoms with E-state index in [1.807, 2.05) is 30.3 Å². The second-order valence-corrected chi connectivity index (χ2v) is 3.04. The lowest BCUT2D eigenvalue weighted by Gasteiger charge is -2.03. The van der Waals surface area contributed by atoms with E-state index in [1.165, 1.54) is 0 Å². The Morgan fingerprint density at radius 3 is 2.64 bits per heavy atom. The highest BCUT2D eigenvalue weighted by Gasteiger charge is 2.06. The topological polar surface area (TPSA) is 49.7 Å². The fourth-order valence-corrected chi connectivity index (χ4v) is 1.54. The van der Waals surface area contributed by atoms with E-state index in [9.17, 15) is 4.91 Å². The van der Waals surface area contributed by atoms with E-state index in [-0.39, 0.29) is 6.61 Å². The van der Waals surface area contributed by atoms with Gasteiger partial charge in [0.1, 0.15) is 5.69 Å². The number of aliphatic hydroxyl groups excluding tert-OH is 1. The van der Waals surface area contributed by atoms with Gasteiger partial charge >= 0.3 is 0 Å². The molecule has 3 nitrogen and oxygen atoms in total. The Bertz CT molecular complexity index is 480. The van der Waals surface area contributed by atoms with Gasteiger partial charge < -0.3 is 5.11 Å². The molecule has 0 unspecified atom stereocenters. The third kappa shape index (κ3) is 1.28. The van der Waals surface area contributed by atoms with E-state index in [4.69, 9.17) is 5.11 Å². The van der Waals surface area contributed by atoms with Crippen molar-refractivity contribution in [3.8, 4) is 0 Å². The molecule has 14 heavy (non-hydrogen) atoms. The van der Waals surface area contributed by atoms with Crippen molar-refractivity contribution in [2.24, 2.45) is 5.18 Å². The van der Waals surface area contributed by atoms with E-state index < -0.39 is 0 Å². The molecular formula is C11H9NO2. The highest BCUT2D eigenvalue weighted by atomic mass is 16.3. The molecule has 0 aliphatic rings. The van der Waals surface area contributed by atoms with Crippen LogP contribution in [0.15, 0.2) is 41.6 Å². The standard InChI is InChI=1S/C11H9NO2/c13-7-9-6-5-8-3-1-2-4-10(8)11(9)12-14/h1-6,13H,7H2. The molecule has 0 amide bonds. The summed E-state index contributed by atoms with van der Waals surface area (Å²) >= 11 is 0. The van der Waals surface area contributed by atoms with Crippen LogP contribution in [0.5, 0.6) is 0 Å². The summed E-state index contributed by atoms with van der Waals surface area (Å²) in [7, 11) is 0. The van der Waals surface area contributed by atoms with Crippen molar-refractivity contribution in [2.75, 3.05) is 0 Å². The van der Waals surface area contributed by atoms with Crippen LogP contribution in [-0.4, -0.2) is 5.11 Å². The molecule has 0 spiro atoms. The van der Waals surface area contributed by atoms with E-state index in [2.05, 4.69) is 5.18 Å². The van der Waals surface area contributed by atoms with Crippen LogP contribution in [0.3, 0.4) is 0 Å². The summed E-state index contributed by atoms with van der Waals surface area (Å²) in [6, 6.07) is 11.1. The lowest BCUT2D eigenvalue weighted by atomic mass is 10.0. The fourth-order valence-electron chi connectivity index (χ4n) is 1.54. The normalized spacial score (nSPS) is 10.4. The van der Waals surface area contributed by atoms with Crippen molar-refractivity contribution < 1.29 is 5.11 Å². The highest BCUT2D eigenvalue weighted by molar-refractivity contribution is 5.93. The second kappa shape index (κ2) is 3.55. The van der Waals surface area contributed by atoms with Crippen LogP contribution in [0.4, 0.5) is 5.69 Å². The first kappa shape index (κ1) is 8.84. The monoisotopic (exact) mass is 187 g/mol. The van der Waals surface area contributed by atoms with Gasteiger partial charge in [-0.1, -0.05) is 36.4 Å². The largest absolute Gasteiger partial charge is 0.392 e. The number of fused-ring (bicyclic) bond motifs is 1. The molecule has 70 valence electrons. The molecule has 0 saturated heterocycles. The third-order valence-electron chi connectivity index (χ3n) is 2.25. The van der Waals surface area contributed by atoms with Crippen molar-refractivity contribution in [1.29, 1.82) is 0 Å². The smallest absolute Gasteiger partial charge is 0.121 e. The Labute approximate surface area is 81.0 Å². The molecule has 0 heterocycles. The predicted molar refractivity (Wildman–Crippen MR) is 55.3 cm³/mol.